The number of halogens is 1. The van der Waals surface area contributed by atoms with Crippen LogP contribution < -0.4 is 15.4 Å². The lowest BCUT2D eigenvalue weighted by atomic mass is 10.3. The standard InChI is InChI=1S/C20H18ClN3O2/c21-15-6-8-16(9-7-15)23-19-11-10-17(14-22-19)24-20(25)12-13-26-18-4-2-1-3-5-18/h1-11,14H,12-13H2,(H,22,23)(H,24,25). The molecule has 0 aliphatic carbocycles. The van der Waals surface area contributed by atoms with Crippen molar-refractivity contribution in [3.63, 3.8) is 0 Å². The highest BCUT2D eigenvalue weighted by molar-refractivity contribution is 6.30. The SMILES string of the molecule is O=C(CCOc1ccccc1)Nc1ccc(Nc2ccc(Cl)cc2)nc1. The van der Waals surface area contributed by atoms with Gasteiger partial charge in [-0.25, -0.2) is 4.98 Å². The van der Waals surface area contributed by atoms with E-state index in [1.807, 2.05) is 42.5 Å². The summed E-state index contributed by atoms with van der Waals surface area (Å²) >= 11 is 5.86. The molecule has 1 aromatic heterocycles. The number of pyridine rings is 1. The molecule has 3 rings (SSSR count). The maximum Gasteiger partial charge on any atom is 0.227 e. The predicted octanol–water partition coefficient (Wildman–Crippen LogP) is 4.89. The first kappa shape index (κ1) is 17.8. The lowest BCUT2D eigenvalue weighted by Gasteiger charge is -2.09. The fourth-order valence-corrected chi connectivity index (χ4v) is 2.35. The number of hydrogen-bond acceptors (Lipinski definition) is 4. The van der Waals surface area contributed by atoms with Gasteiger partial charge in [0.2, 0.25) is 5.91 Å². The van der Waals surface area contributed by atoms with E-state index < -0.39 is 0 Å². The van der Waals surface area contributed by atoms with E-state index in [4.69, 9.17) is 16.3 Å². The summed E-state index contributed by atoms with van der Waals surface area (Å²) in [5, 5.41) is 6.64. The normalized spacial score (nSPS) is 10.2. The van der Waals surface area contributed by atoms with E-state index in [1.54, 1.807) is 30.5 Å². The van der Waals surface area contributed by atoms with Crippen LogP contribution in [0.3, 0.4) is 0 Å². The molecule has 0 fully saturated rings. The van der Waals surface area contributed by atoms with Crippen LogP contribution in [0, 0.1) is 0 Å². The van der Waals surface area contributed by atoms with Gasteiger partial charge in [0.15, 0.2) is 0 Å². The molecule has 2 aromatic carbocycles. The molecule has 0 aliphatic heterocycles. The number of carbonyl (C=O) groups is 1. The number of para-hydroxylation sites is 1. The molecule has 0 saturated carbocycles. The van der Waals surface area contributed by atoms with Gasteiger partial charge in [0.1, 0.15) is 11.6 Å². The third-order valence-corrected chi connectivity index (χ3v) is 3.76. The van der Waals surface area contributed by atoms with Crippen molar-refractivity contribution in [2.24, 2.45) is 0 Å². The van der Waals surface area contributed by atoms with Gasteiger partial charge in [-0.3, -0.25) is 4.79 Å². The van der Waals surface area contributed by atoms with E-state index in [0.717, 1.165) is 11.4 Å². The Hall–Kier alpha value is -3.05. The Bertz CT molecular complexity index is 837. The second-order valence-electron chi connectivity index (χ2n) is 5.52. The molecule has 1 heterocycles. The molecular formula is C20H18ClN3O2. The quantitative estimate of drug-likeness (QED) is 0.624. The monoisotopic (exact) mass is 367 g/mol. The van der Waals surface area contributed by atoms with Crippen LogP contribution in [0.2, 0.25) is 5.02 Å². The van der Waals surface area contributed by atoms with Crippen LogP contribution in [-0.4, -0.2) is 17.5 Å². The summed E-state index contributed by atoms with van der Waals surface area (Å²) in [4.78, 5) is 16.3. The summed E-state index contributed by atoms with van der Waals surface area (Å²) < 4.78 is 5.51. The minimum Gasteiger partial charge on any atom is -0.493 e. The molecule has 6 heteroatoms. The van der Waals surface area contributed by atoms with Gasteiger partial charge < -0.3 is 15.4 Å². The van der Waals surface area contributed by atoms with E-state index in [2.05, 4.69) is 15.6 Å². The highest BCUT2D eigenvalue weighted by Crippen LogP contribution is 2.18. The maximum atomic E-state index is 12.0. The number of amides is 1. The molecule has 1 amide bonds. The summed E-state index contributed by atoms with van der Waals surface area (Å²) in [7, 11) is 0. The minimum atomic E-state index is -0.124. The smallest absolute Gasteiger partial charge is 0.227 e. The van der Waals surface area contributed by atoms with Gasteiger partial charge in [0.25, 0.3) is 0 Å². The van der Waals surface area contributed by atoms with Crippen LogP contribution in [-0.2, 0) is 4.79 Å². The van der Waals surface area contributed by atoms with Crippen molar-refractivity contribution in [3.8, 4) is 5.75 Å². The molecule has 0 spiro atoms. The van der Waals surface area contributed by atoms with Crippen molar-refractivity contribution >= 4 is 34.7 Å². The summed E-state index contributed by atoms with van der Waals surface area (Å²) in [6, 6.07) is 20.3. The van der Waals surface area contributed by atoms with E-state index in [0.29, 0.717) is 23.1 Å². The van der Waals surface area contributed by atoms with Crippen molar-refractivity contribution in [2.75, 3.05) is 17.2 Å². The van der Waals surface area contributed by atoms with Crippen LogP contribution >= 0.6 is 11.6 Å². The Balaban J connectivity index is 1.46. The lowest BCUT2D eigenvalue weighted by molar-refractivity contribution is -0.116. The van der Waals surface area contributed by atoms with Crippen LogP contribution in [0.15, 0.2) is 72.9 Å². The number of carbonyl (C=O) groups excluding carboxylic acids is 1. The zero-order chi connectivity index (χ0) is 18.2. The Labute approximate surface area is 157 Å². The number of aromatic nitrogens is 1. The van der Waals surface area contributed by atoms with Gasteiger partial charge in [0.05, 0.1) is 24.9 Å². The molecule has 5 nitrogen and oxygen atoms in total. The number of rotatable bonds is 7. The van der Waals surface area contributed by atoms with Gasteiger partial charge in [-0.05, 0) is 48.5 Å². The Morgan fingerprint density at radius 2 is 1.69 bits per heavy atom. The third-order valence-electron chi connectivity index (χ3n) is 3.50. The van der Waals surface area contributed by atoms with Crippen LogP contribution in [0.25, 0.3) is 0 Å². The number of ether oxygens (including phenoxy) is 1. The van der Waals surface area contributed by atoms with Gasteiger partial charge in [0, 0.05) is 10.7 Å². The molecule has 26 heavy (non-hydrogen) atoms. The van der Waals surface area contributed by atoms with Gasteiger partial charge in [-0.1, -0.05) is 29.8 Å². The van der Waals surface area contributed by atoms with Crippen molar-refractivity contribution in [3.05, 3.63) is 77.9 Å². The molecule has 0 unspecified atom stereocenters. The Morgan fingerprint density at radius 3 is 2.38 bits per heavy atom. The zero-order valence-electron chi connectivity index (χ0n) is 14.0. The van der Waals surface area contributed by atoms with Gasteiger partial charge in [-0.2, -0.15) is 0 Å². The molecule has 0 saturated heterocycles. The van der Waals surface area contributed by atoms with E-state index in [9.17, 15) is 4.79 Å². The first-order valence-corrected chi connectivity index (χ1v) is 8.53. The molecular weight excluding hydrogens is 350 g/mol. The second kappa shape index (κ2) is 8.87. The highest BCUT2D eigenvalue weighted by Gasteiger charge is 2.04. The number of anilines is 3. The van der Waals surface area contributed by atoms with Crippen molar-refractivity contribution in [1.82, 2.24) is 4.98 Å². The maximum absolute atomic E-state index is 12.0. The number of nitrogens with one attached hydrogen (secondary N) is 2. The summed E-state index contributed by atoms with van der Waals surface area (Å²) in [6.45, 7) is 0.319. The van der Waals surface area contributed by atoms with Crippen molar-refractivity contribution in [2.45, 2.75) is 6.42 Å². The molecule has 0 bridgehead atoms. The molecule has 0 atom stereocenters. The molecule has 132 valence electrons. The first-order chi connectivity index (χ1) is 12.7. The van der Waals surface area contributed by atoms with Crippen molar-refractivity contribution < 1.29 is 9.53 Å². The second-order valence-corrected chi connectivity index (χ2v) is 5.96. The number of benzene rings is 2. The summed E-state index contributed by atoms with van der Waals surface area (Å²) in [5.41, 5.74) is 1.52. The number of nitrogens with zero attached hydrogens (tertiary/aromatic N) is 1. The van der Waals surface area contributed by atoms with E-state index in [-0.39, 0.29) is 12.3 Å². The number of hydrogen-bond donors (Lipinski definition) is 2. The fraction of sp³-hybridized carbons (Fsp3) is 0.100. The lowest BCUT2D eigenvalue weighted by Crippen LogP contribution is -2.15. The van der Waals surface area contributed by atoms with Crippen molar-refractivity contribution in [1.29, 1.82) is 0 Å². The average molecular weight is 368 g/mol. The zero-order valence-corrected chi connectivity index (χ0v) is 14.7. The van der Waals surface area contributed by atoms with Crippen LogP contribution in [0.4, 0.5) is 17.2 Å². The first-order valence-electron chi connectivity index (χ1n) is 8.15. The van der Waals surface area contributed by atoms with Gasteiger partial charge >= 0.3 is 0 Å². The molecule has 2 N–H and O–H groups in total. The average Bonchev–Trinajstić information content (AvgIpc) is 2.66. The molecule has 0 radical (unpaired) electrons. The fourth-order valence-electron chi connectivity index (χ4n) is 2.22. The Kier molecular flexibility index (Phi) is 6.06. The van der Waals surface area contributed by atoms with E-state index in [1.165, 1.54) is 0 Å². The van der Waals surface area contributed by atoms with Gasteiger partial charge in [-0.15, -0.1) is 0 Å². The highest BCUT2D eigenvalue weighted by atomic mass is 35.5. The predicted molar refractivity (Wildman–Crippen MR) is 104 cm³/mol. The topological polar surface area (TPSA) is 63.2 Å². The van der Waals surface area contributed by atoms with Crippen LogP contribution in [0.5, 0.6) is 5.75 Å². The summed E-state index contributed by atoms with van der Waals surface area (Å²) in [5.74, 6) is 1.30. The van der Waals surface area contributed by atoms with Crippen LogP contribution in [0.1, 0.15) is 6.42 Å². The minimum absolute atomic E-state index is 0.124. The molecule has 0 aliphatic rings. The molecule has 3 aromatic rings. The largest absolute Gasteiger partial charge is 0.493 e. The Morgan fingerprint density at radius 1 is 0.962 bits per heavy atom. The third kappa shape index (κ3) is 5.50. The summed E-state index contributed by atoms with van der Waals surface area (Å²) in [6.07, 6.45) is 1.87. The van der Waals surface area contributed by atoms with E-state index >= 15 is 0 Å².